The third kappa shape index (κ3) is 4.31. The van der Waals surface area contributed by atoms with Crippen molar-refractivity contribution in [2.24, 2.45) is 0 Å². The minimum atomic E-state index is -0.709. The number of hydrogen-bond acceptors (Lipinski definition) is 5. The molecule has 7 heteroatoms. The zero-order valence-electron chi connectivity index (χ0n) is 13.9. The van der Waals surface area contributed by atoms with Gasteiger partial charge in [-0.1, -0.05) is 36.4 Å². The van der Waals surface area contributed by atoms with Crippen LogP contribution in [0.2, 0.25) is 0 Å². The highest BCUT2D eigenvalue weighted by molar-refractivity contribution is 5.67. The summed E-state index contributed by atoms with van der Waals surface area (Å²) in [5, 5.41) is 14.6. The van der Waals surface area contributed by atoms with Gasteiger partial charge in [0.25, 0.3) is 0 Å². The lowest BCUT2D eigenvalue weighted by Crippen LogP contribution is -2.09. The molecule has 3 N–H and O–H groups in total. The highest BCUT2D eigenvalue weighted by atomic mass is 19.1. The number of benzene rings is 2. The molecule has 1 aromatic heterocycles. The fourth-order valence-electron chi connectivity index (χ4n) is 2.37. The first-order valence-electron chi connectivity index (χ1n) is 8.17. The second kappa shape index (κ2) is 8.35. The van der Waals surface area contributed by atoms with Crippen LogP contribution in [0.25, 0.3) is 11.3 Å². The van der Waals surface area contributed by atoms with E-state index in [1.807, 2.05) is 30.3 Å². The number of aromatic nitrogens is 2. The molecule has 0 aliphatic rings. The van der Waals surface area contributed by atoms with Crippen LogP contribution < -0.4 is 10.6 Å². The Morgan fingerprint density at radius 1 is 0.923 bits per heavy atom. The topological polar surface area (TPSA) is 70.1 Å². The number of para-hydroxylation sites is 1. The van der Waals surface area contributed by atoms with E-state index in [1.165, 1.54) is 18.2 Å². The number of halogens is 2. The SMILES string of the molecule is OCCCNc1nc(Nc2c(F)cccc2F)cc(-c2ccccc2)n1. The molecule has 134 valence electrons. The summed E-state index contributed by atoms with van der Waals surface area (Å²) in [5.41, 5.74) is 1.18. The molecule has 3 rings (SSSR count). The van der Waals surface area contributed by atoms with Gasteiger partial charge in [0.2, 0.25) is 5.95 Å². The molecule has 1 heterocycles. The predicted octanol–water partition coefficient (Wildman–Crippen LogP) is 3.96. The van der Waals surface area contributed by atoms with Gasteiger partial charge in [-0.2, -0.15) is 4.98 Å². The Morgan fingerprint density at radius 2 is 1.65 bits per heavy atom. The summed E-state index contributed by atoms with van der Waals surface area (Å²) in [7, 11) is 0. The predicted molar refractivity (Wildman–Crippen MR) is 97.3 cm³/mol. The van der Waals surface area contributed by atoms with E-state index in [4.69, 9.17) is 5.11 Å². The van der Waals surface area contributed by atoms with Crippen LogP contribution in [0.5, 0.6) is 0 Å². The molecule has 5 nitrogen and oxygen atoms in total. The van der Waals surface area contributed by atoms with Crippen LogP contribution in [0.1, 0.15) is 6.42 Å². The number of hydrogen-bond donors (Lipinski definition) is 3. The summed E-state index contributed by atoms with van der Waals surface area (Å²) in [4.78, 5) is 8.69. The quantitative estimate of drug-likeness (QED) is 0.559. The molecule has 26 heavy (non-hydrogen) atoms. The lowest BCUT2D eigenvalue weighted by molar-refractivity contribution is 0.292. The first kappa shape index (κ1) is 17.8. The molecular formula is C19H18F2N4O. The van der Waals surface area contributed by atoms with Gasteiger partial charge in [0.15, 0.2) is 0 Å². The molecule has 0 aliphatic carbocycles. The molecule has 0 saturated heterocycles. The van der Waals surface area contributed by atoms with Crippen LogP contribution in [-0.4, -0.2) is 28.2 Å². The number of aliphatic hydroxyl groups excluding tert-OH is 1. The van der Waals surface area contributed by atoms with E-state index < -0.39 is 11.6 Å². The Bertz CT molecular complexity index is 854. The van der Waals surface area contributed by atoms with Gasteiger partial charge in [0.1, 0.15) is 23.1 Å². The number of aliphatic hydroxyl groups is 1. The number of anilines is 3. The highest BCUT2D eigenvalue weighted by Gasteiger charge is 2.12. The van der Waals surface area contributed by atoms with E-state index >= 15 is 0 Å². The standard InChI is InChI=1S/C19H18F2N4O/c20-14-8-4-9-15(21)18(14)24-17-12-16(13-6-2-1-3-7-13)23-19(25-17)22-10-5-11-26/h1-4,6-9,12,26H,5,10-11H2,(H2,22,23,24,25). The Morgan fingerprint density at radius 3 is 2.35 bits per heavy atom. The van der Waals surface area contributed by atoms with Gasteiger partial charge in [0, 0.05) is 24.8 Å². The molecule has 0 aliphatic heterocycles. The van der Waals surface area contributed by atoms with Crippen LogP contribution >= 0.6 is 0 Å². The molecule has 3 aromatic rings. The first-order valence-corrected chi connectivity index (χ1v) is 8.17. The summed E-state index contributed by atoms with van der Waals surface area (Å²) in [5.74, 6) is -0.854. The zero-order chi connectivity index (χ0) is 18.4. The molecule has 2 aromatic carbocycles. The van der Waals surface area contributed by atoms with Crippen molar-refractivity contribution in [2.45, 2.75) is 6.42 Å². The van der Waals surface area contributed by atoms with Crippen LogP contribution in [-0.2, 0) is 0 Å². The lowest BCUT2D eigenvalue weighted by atomic mass is 10.1. The Balaban J connectivity index is 1.96. The van der Waals surface area contributed by atoms with E-state index in [0.29, 0.717) is 24.6 Å². The smallest absolute Gasteiger partial charge is 0.225 e. The number of nitrogens with one attached hydrogen (secondary N) is 2. The maximum absolute atomic E-state index is 13.9. The second-order valence-corrected chi connectivity index (χ2v) is 5.55. The molecule has 0 fully saturated rings. The normalized spacial score (nSPS) is 10.6. The van der Waals surface area contributed by atoms with Crippen molar-refractivity contribution in [3.63, 3.8) is 0 Å². The minimum Gasteiger partial charge on any atom is -0.396 e. The van der Waals surface area contributed by atoms with Crippen molar-refractivity contribution in [3.05, 3.63) is 66.2 Å². The molecule has 0 saturated carbocycles. The van der Waals surface area contributed by atoms with E-state index in [2.05, 4.69) is 20.6 Å². The van der Waals surface area contributed by atoms with Gasteiger partial charge in [-0.25, -0.2) is 13.8 Å². The monoisotopic (exact) mass is 356 g/mol. The Labute approximate surface area is 149 Å². The van der Waals surface area contributed by atoms with E-state index in [-0.39, 0.29) is 18.1 Å². The number of rotatable bonds is 7. The lowest BCUT2D eigenvalue weighted by Gasteiger charge is -2.12. The van der Waals surface area contributed by atoms with Crippen molar-refractivity contribution < 1.29 is 13.9 Å². The van der Waals surface area contributed by atoms with Crippen LogP contribution in [0, 0.1) is 11.6 Å². The van der Waals surface area contributed by atoms with Gasteiger partial charge in [-0.15, -0.1) is 0 Å². The van der Waals surface area contributed by atoms with Crippen molar-refractivity contribution in [2.75, 3.05) is 23.8 Å². The molecule has 0 amide bonds. The summed E-state index contributed by atoms with van der Waals surface area (Å²) < 4.78 is 27.8. The van der Waals surface area contributed by atoms with Crippen LogP contribution in [0.3, 0.4) is 0 Å². The minimum absolute atomic E-state index is 0.0386. The largest absolute Gasteiger partial charge is 0.396 e. The van der Waals surface area contributed by atoms with Gasteiger partial charge in [-0.3, -0.25) is 0 Å². The average Bonchev–Trinajstić information content (AvgIpc) is 2.66. The van der Waals surface area contributed by atoms with Crippen LogP contribution in [0.4, 0.5) is 26.2 Å². The number of nitrogens with zero attached hydrogens (tertiary/aromatic N) is 2. The molecule has 0 radical (unpaired) electrons. The van der Waals surface area contributed by atoms with Gasteiger partial charge < -0.3 is 15.7 Å². The van der Waals surface area contributed by atoms with Gasteiger partial charge in [-0.05, 0) is 18.6 Å². The summed E-state index contributed by atoms with van der Waals surface area (Å²) in [6.07, 6.45) is 0.531. The fourth-order valence-corrected chi connectivity index (χ4v) is 2.37. The van der Waals surface area contributed by atoms with Crippen molar-refractivity contribution >= 4 is 17.5 Å². The van der Waals surface area contributed by atoms with Gasteiger partial charge >= 0.3 is 0 Å². The third-order valence-electron chi connectivity index (χ3n) is 3.63. The Kier molecular flexibility index (Phi) is 5.70. The molecule has 0 bridgehead atoms. The molecular weight excluding hydrogens is 338 g/mol. The van der Waals surface area contributed by atoms with E-state index in [1.54, 1.807) is 6.07 Å². The summed E-state index contributed by atoms with van der Waals surface area (Å²) in [6.45, 7) is 0.513. The highest BCUT2D eigenvalue weighted by Crippen LogP contribution is 2.26. The summed E-state index contributed by atoms with van der Waals surface area (Å²) >= 11 is 0. The summed E-state index contributed by atoms with van der Waals surface area (Å²) in [6, 6.07) is 14.7. The Hall–Kier alpha value is -3.06. The zero-order valence-corrected chi connectivity index (χ0v) is 13.9. The van der Waals surface area contributed by atoms with Crippen molar-refractivity contribution in [3.8, 4) is 11.3 Å². The van der Waals surface area contributed by atoms with E-state index in [0.717, 1.165) is 5.56 Å². The molecule has 0 atom stereocenters. The van der Waals surface area contributed by atoms with Crippen molar-refractivity contribution in [1.82, 2.24) is 9.97 Å². The van der Waals surface area contributed by atoms with Crippen LogP contribution in [0.15, 0.2) is 54.6 Å². The maximum Gasteiger partial charge on any atom is 0.225 e. The van der Waals surface area contributed by atoms with Crippen molar-refractivity contribution in [1.29, 1.82) is 0 Å². The van der Waals surface area contributed by atoms with Gasteiger partial charge in [0.05, 0.1) is 5.69 Å². The van der Waals surface area contributed by atoms with E-state index in [9.17, 15) is 8.78 Å². The second-order valence-electron chi connectivity index (χ2n) is 5.55. The molecule has 0 unspecified atom stereocenters. The fraction of sp³-hybridized carbons (Fsp3) is 0.158. The molecule has 0 spiro atoms. The first-order chi connectivity index (χ1) is 12.7. The third-order valence-corrected chi connectivity index (χ3v) is 3.63. The average molecular weight is 356 g/mol. The maximum atomic E-state index is 13.9.